The third-order valence-corrected chi connectivity index (χ3v) is 4.75. The molecule has 106 valence electrons. The minimum Gasteiger partial charge on any atom is -0.382 e. The van der Waals surface area contributed by atoms with E-state index in [1.54, 1.807) is 11.8 Å². The van der Waals surface area contributed by atoms with Gasteiger partial charge in [-0.2, -0.15) is 5.10 Å². The normalized spacial score (nSPS) is 22.6. The molecule has 20 heavy (non-hydrogen) atoms. The molecular formula is C15H20N4S. The van der Waals surface area contributed by atoms with Crippen molar-refractivity contribution < 1.29 is 0 Å². The van der Waals surface area contributed by atoms with Gasteiger partial charge in [0, 0.05) is 16.6 Å². The summed E-state index contributed by atoms with van der Waals surface area (Å²) in [5.74, 6) is 0.897. The lowest BCUT2D eigenvalue weighted by Crippen LogP contribution is -2.25. The minimum atomic E-state index is 0.638. The van der Waals surface area contributed by atoms with E-state index in [-0.39, 0.29) is 0 Å². The molecule has 2 aromatic rings. The van der Waals surface area contributed by atoms with Gasteiger partial charge in [-0.15, -0.1) is 0 Å². The first-order chi connectivity index (χ1) is 9.79. The lowest BCUT2D eigenvalue weighted by atomic mass is 9.87. The monoisotopic (exact) mass is 288 g/mol. The molecule has 0 unspecified atom stereocenters. The average Bonchev–Trinajstić information content (AvgIpc) is 2.96. The van der Waals surface area contributed by atoms with Gasteiger partial charge in [0.25, 0.3) is 0 Å². The predicted octanol–water partition coefficient (Wildman–Crippen LogP) is 3.95. The number of H-pyrrole nitrogens is 1. The molecule has 2 N–H and O–H groups in total. The van der Waals surface area contributed by atoms with E-state index in [9.17, 15) is 0 Å². The number of anilines is 1. The van der Waals surface area contributed by atoms with Crippen molar-refractivity contribution in [3.05, 3.63) is 30.6 Å². The topological polar surface area (TPSA) is 53.6 Å². The first-order valence-electron chi connectivity index (χ1n) is 7.19. The van der Waals surface area contributed by atoms with Crippen LogP contribution < -0.4 is 5.32 Å². The summed E-state index contributed by atoms with van der Waals surface area (Å²) in [4.78, 5) is 5.29. The molecule has 1 aliphatic carbocycles. The van der Waals surface area contributed by atoms with Crippen LogP contribution in [0.15, 0.2) is 40.6 Å². The Bertz CT molecular complexity index is 515. The van der Waals surface area contributed by atoms with Crippen LogP contribution >= 0.6 is 11.8 Å². The molecule has 0 saturated heterocycles. The van der Waals surface area contributed by atoms with Gasteiger partial charge >= 0.3 is 0 Å². The Morgan fingerprint density at radius 2 is 1.90 bits per heavy atom. The average molecular weight is 288 g/mol. The lowest BCUT2D eigenvalue weighted by Gasteiger charge is -2.27. The zero-order valence-electron chi connectivity index (χ0n) is 11.7. The highest BCUT2D eigenvalue weighted by molar-refractivity contribution is 7.99. The fraction of sp³-hybridized carbons (Fsp3) is 0.467. The van der Waals surface area contributed by atoms with Crippen LogP contribution in [0, 0.1) is 5.92 Å². The summed E-state index contributed by atoms with van der Waals surface area (Å²) in [5.41, 5.74) is 1.21. The van der Waals surface area contributed by atoms with Crippen molar-refractivity contribution in [1.29, 1.82) is 0 Å². The van der Waals surface area contributed by atoms with Crippen molar-refractivity contribution in [1.82, 2.24) is 15.2 Å². The summed E-state index contributed by atoms with van der Waals surface area (Å²) in [6, 6.07) is 9.19. The summed E-state index contributed by atoms with van der Waals surface area (Å²) in [7, 11) is 0. The molecule has 0 atom stereocenters. The summed E-state index contributed by atoms with van der Waals surface area (Å²) in [6.45, 7) is 2.35. The van der Waals surface area contributed by atoms with E-state index in [4.69, 9.17) is 0 Å². The molecule has 0 spiro atoms. The Balaban J connectivity index is 1.56. The van der Waals surface area contributed by atoms with Gasteiger partial charge in [0.15, 0.2) is 5.16 Å². The summed E-state index contributed by atoms with van der Waals surface area (Å²) >= 11 is 1.59. The number of hydrogen-bond acceptors (Lipinski definition) is 4. The first kappa shape index (κ1) is 13.5. The van der Waals surface area contributed by atoms with Gasteiger partial charge in [0.2, 0.25) is 0 Å². The van der Waals surface area contributed by atoms with Crippen LogP contribution in [0.5, 0.6) is 0 Å². The third kappa shape index (κ3) is 3.54. The Hall–Kier alpha value is -1.49. The van der Waals surface area contributed by atoms with E-state index < -0.39 is 0 Å². The first-order valence-corrected chi connectivity index (χ1v) is 8.01. The number of benzene rings is 1. The molecule has 0 radical (unpaired) electrons. The standard InChI is InChI=1S/C15H20N4S/c1-11-2-4-12(5-3-11)18-13-6-8-14(9-7-13)20-15-16-10-17-19-15/h6-12,18H,2-5H2,1H3,(H,16,17,19). The van der Waals surface area contributed by atoms with Gasteiger partial charge in [-0.05, 0) is 55.9 Å². The van der Waals surface area contributed by atoms with Crippen molar-refractivity contribution in [3.63, 3.8) is 0 Å². The van der Waals surface area contributed by atoms with Gasteiger partial charge in [0.1, 0.15) is 6.33 Å². The highest BCUT2D eigenvalue weighted by Crippen LogP contribution is 2.28. The Kier molecular flexibility index (Phi) is 4.25. The number of rotatable bonds is 4. The highest BCUT2D eigenvalue weighted by Gasteiger charge is 2.17. The Morgan fingerprint density at radius 1 is 1.15 bits per heavy atom. The van der Waals surface area contributed by atoms with Gasteiger partial charge in [0.05, 0.1) is 0 Å². The van der Waals surface area contributed by atoms with Gasteiger partial charge in [-0.25, -0.2) is 4.98 Å². The maximum Gasteiger partial charge on any atom is 0.188 e. The van der Waals surface area contributed by atoms with Gasteiger partial charge in [-0.3, -0.25) is 5.10 Å². The van der Waals surface area contributed by atoms with E-state index in [2.05, 4.69) is 51.7 Å². The summed E-state index contributed by atoms with van der Waals surface area (Å²) in [5, 5.41) is 11.2. The summed E-state index contributed by atoms with van der Waals surface area (Å²) in [6.07, 6.45) is 6.79. The predicted molar refractivity (Wildman–Crippen MR) is 82.0 cm³/mol. The van der Waals surface area contributed by atoms with Crippen LogP contribution in [0.3, 0.4) is 0 Å². The van der Waals surface area contributed by atoms with Crippen LogP contribution in [0.25, 0.3) is 0 Å². The van der Waals surface area contributed by atoms with Crippen LogP contribution in [0.1, 0.15) is 32.6 Å². The van der Waals surface area contributed by atoms with E-state index >= 15 is 0 Å². The quantitative estimate of drug-likeness (QED) is 0.894. The molecule has 1 aromatic heterocycles. The molecular weight excluding hydrogens is 268 g/mol. The molecule has 1 heterocycles. The second-order valence-electron chi connectivity index (χ2n) is 5.52. The smallest absolute Gasteiger partial charge is 0.188 e. The summed E-state index contributed by atoms with van der Waals surface area (Å²) < 4.78 is 0. The van der Waals surface area contributed by atoms with Crippen molar-refractivity contribution in [2.24, 2.45) is 5.92 Å². The van der Waals surface area contributed by atoms with Crippen molar-refractivity contribution >= 4 is 17.4 Å². The highest BCUT2D eigenvalue weighted by atomic mass is 32.2. The number of hydrogen-bond donors (Lipinski definition) is 2. The molecule has 0 aliphatic heterocycles. The van der Waals surface area contributed by atoms with Crippen molar-refractivity contribution in [3.8, 4) is 0 Å². The molecule has 1 saturated carbocycles. The van der Waals surface area contributed by atoms with Crippen LogP contribution in [0.4, 0.5) is 5.69 Å². The largest absolute Gasteiger partial charge is 0.382 e. The number of aromatic nitrogens is 3. The van der Waals surface area contributed by atoms with Gasteiger partial charge in [-0.1, -0.05) is 18.7 Å². The molecule has 3 rings (SSSR count). The zero-order valence-corrected chi connectivity index (χ0v) is 12.5. The minimum absolute atomic E-state index is 0.638. The van der Waals surface area contributed by atoms with E-state index in [1.165, 1.54) is 42.6 Å². The molecule has 1 aromatic carbocycles. The van der Waals surface area contributed by atoms with E-state index in [1.807, 2.05) is 0 Å². The molecule has 1 aliphatic rings. The van der Waals surface area contributed by atoms with E-state index in [0.29, 0.717) is 6.04 Å². The zero-order chi connectivity index (χ0) is 13.8. The number of aromatic amines is 1. The molecule has 5 heteroatoms. The van der Waals surface area contributed by atoms with Gasteiger partial charge < -0.3 is 5.32 Å². The molecule has 0 bridgehead atoms. The maximum atomic E-state index is 4.12. The second-order valence-corrected chi connectivity index (χ2v) is 6.58. The van der Waals surface area contributed by atoms with Crippen LogP contribution in [-0.2, 0) is 0 Å². The van der Waals surface area contributed by atoms with Crippen molar-refractivity contribution in [2.75, 3.05) is 5.32 Å². The fourth-order valence-corrected chi connectivity index (χ4v) is 3.31. The molecule has 0 amide bonds. The molecule has 4 nitrogen and oxygen atoms in total. The van der Waals surface area contributed by atoms with Crippen LogP contribution in [0.2, 0.25) is 0 Å². The SMILES string of the molecule is CC1CCC(Nc2ccc(Sc3ncn[nH]3)cc2)CC1. The third-order valence-electron chi connectivity index (χ3n) is 3.85. The van der Waals surface area contributed by atoms with Crippen molar-refractivity contribution in [2.45, 2.75) is 48.7 Å². The Morgan fingerprint density at radius 3 is 2.55 bits per heavy atom. The fourth-order valence-electron chi connectivity index (χ4n) is 2.61. The molecule has 1 fully saturated rings. The van der Waals surface area contributed by atoms with E-state index in [0.717, 1.165) is 11.1 Å². The second kappa shape index (κ2) is 6.31. The number of nitrogens with zero attached hydrogens (tertiary/aromatic N) is 2. The maximum absolute atomic E-state index is 4.12. The Labute approximate surface area is 123 Å². The lowest BCUT2D eigenvalue weighted by molar-refractivity contribution is 0.361. The number of nitrogens with one attached hydrogen (secondary N) is 2. The van der Waals surface area contributed by atoms with Crippen LogP contribution in [-0.4, -0.2) is 21.2 Å².